The van der Waals surface area contributed by atoms with Crippen LogP contribution in [-0.4, -0.2) is 17.8 Å². The molecule has 0 bridgehead atoms. The SMILES string of the molecule is O=C(Cl)Cl.O=[C]=[Re](=[C]=O)(=[C]=O)[C]1=CC=CC1. The van der Waals surface area contributed by atoms with E-state index in [1.54, 1.807) is 31.3 Å². The molecule has 0 saturated heterocycles. The zero-order valence-corrected chi connectivity index (χ0v) is 11.9. The van der Waals surface area contributed by atoms with Gasteiger partial charge in [-0.3, -0.25) is 4.79 Å². The van der Waals surface area contributed by atoms with Crippen LogP contribution in [0.5, 0.6) is 0 Å². The average Bonchev–Trinajstić information content (AvgIpc) is 2.74. The van der Waals surface area contributed by atoms with Crippen molar-refractivity contribution in [3.63, 3.8) is 0 Å². The van der Waals surface area contributed by atoms with Gasteiger partial charge in [-0.25, -0.2) is 0 Å². The van der Waals surface area contributed by atoms with Gasteiger partial charge in [-0.05, 0) is 23.2 Å². The van der Waals surface area contributed by atoms with Crippen LogP contribution in [0.1, 0.15) is 6.42 Å². The van der Waals surface area contributed by atoms with E-state index >= 15 is 0 Å². The molecule has 4 nitrogen and oxygen atoms in total. The van der Waals surface area contributed by atoms with E-state index in [-0.39, 0.29) is 0 Å². The van der Waals surface area contributed by atoms with Crippen LogP contribution in [0, 0.1) is 0 Å². The molecular formula is C9H5Cl2O4Re. The zero-order chi connectivity index (χ0) is 12.6. The van der Waals surface area contributed by atoms with Crippen LogP contribution in [0.2, 0.25) is 0 Å². The third-order valence-electron chi connectivity index (χ3n) is 1.44. The summed E-state index contributed by atoms with van der Waals surface area (Å²) in [6.07, 6.45) is 5.61. The van der Waals surface area contributed by atoms with E-state index in [2.05, 4.69) is 23.2 Å². The van der Waals surface area contributed by atoms with Crippen LogP contribution < -0.4 is 0 Å². The Kier molecular flexibility index (Phi) is 7.01. The molecule has 16 heavy (non-hydrogen) atoms. The zero-order valence-electron chi connectivity index (χ0n) is 7.71. The Morgan fingerprint density at radius 3 is 1.88 bits per heavy atom. The number of halogens is 2. The van der Waals surface area contributed by atoms with Crippen LogP contribution in [-0.2, 0) is 28.6 Å². The molecule has 0 amide bonds. The molecular weight excluding hydrogens is 429 g/mol. The van der Waals surface area contributed by atoms with Crippen LogP contribution in [0.15, 0.2) is 22.3 Å². The van der Waals surface area contributed by atoms with Gasteiger partial charge < -0.3 is 0 Å². The van der Waals surface area contributed by atoms with Gasteiger partial charge >= 0.3 is 75.0 Å². The van der Waals surface area contributed by atoms with Gasteiger partial charge in [0.1, 0.15) is 0 Å². The van der Waals surface area contributed by atoms with Gasteiger partial charge in [0.2, 0.25) is 0 Å². The number of rotatable bonds is 1. The first-order valence-corrected chi connectivity index (χ1v) is 9.86. The molecule has 7 heteroatoms. The molecule has 0 aromatic heterocycles. The van der Waals surface area contributed by atoms with Crippen molar-refractivity contribution in [3.05, 3.63) is 22.3 Å². The predicted molar refractivity (Wildman–Crippen MR) is 56.0 cm³/mol. The van der Waals surface area contributed by atoms with Gasteiger partial charge in [0.05, 0.1) is 0 Å². The molecule has 0 aromatic rings. The second-order valence-corrected chi connectivity index (χ2v) is 10.6. The van der Waals surface area contributed by atoms with Crippen LogP contribution in [0.25, 0.3) is 0 Å². The molecule has 1 rings (SSSR count). The van der Waals surface area contributed by atoms with E-state index in [0.717, 1.165) is 0 Å². The third-order valence-corrected chi connectivity index (χ3v) is 7.56. The Hall–Kier alpha value is -0.868. The third kappa shape index (κ3) is 4.33. The average molecular weight is 434 g/mol. The maximum atomic E-state index is 10.4. The molecule has 0 spiro atoms. The fraction of sp³-hybridized carbons (Fsp3) is 0.111. The summed E-state index contributed by atoms with van der Waals surface area (Å²) in [7, 11) is 0. The molecule has 0 unspecified atom stereocenters. The Morgan fingerprint density at radius 1 is 1.19 bits per heavy atom. The first-order valence-electron chi connectivity index (χ1n) is 3.67. The van der Waals surface area contributed by atoms with E-state index in [0.29, 0.717) is 10.5 Å². The maximum absolute atomic E-state index is 10.4. The van der Waals surface area contributed by atoms with Crippen molar-refractivity contribution in [1.82, 2.24) is 0 Å². The number of carbonyl (C=O) groups is 1. The van der Waals surface area contributed by atoms with Gasteiger partial charge in [-0.15, -0.1) is 0 Å². The molecule has 1 aliphatic carbocycles. The van der Waals surface area contributed by atoms with Crippen molar-refractivity contribution >= 4 is 41.0 Å². The second-order valence-electron chi connectivity index (χ2n) is 2.27. The fourth-order valence-electron chi connectivity index (χ4n) is 0.827. The van der Waals surface area contributed by atoms with Crippen LogP contribution in [0.4, 0.5) is 4.79 Å². The topological polar surface area (TPSA) is 68.3 Å². The molecule has 0 heterocycles. The van der Waals surface area contributed by atoms with Crippen molar-refractivity contribution in [2.24, 2.45) is 0 Å². The number of hydrogen-bond acceptors (Lipinski definition) is 4. The summed E-state index contributed by atoms with van der Waals surface area (Å²) in [6, 6.07) is 0. The predicted octanol–water partition coefficient (Wildman–Crippen LogP) is 1.77. The molecule has 0 radical (unpaired) electrons. The molecule has 0 aliphatic heterocycles. The van der Waals surface area contributed by atoms with Crippen molar-refractivity contribution in [2.75, 3.05) is 0 Å². The molecule has 86 valence electrons. The summed E-state index contributed by atoms with van der Waals surface area (Å²) >= 11 is 4.73. The molecule has 1 aliphatic rings. The number of carbonyl (C=O) groups excluding carboxylic acids is 4. The Labute approximate surface area is 103 Å². The van der Waals surface area contributed by atoms with Gasteiger partial charge in [0.25, 0.3) is 0 Å². The van der Waals surface area contributed by atoms with E-state index in [1.165, 1.54) is 0 Å². The van der Waals surface area contributed by atoms with Gasteiger partial charge in [-0.2, -0.15) is 0 Å². The second kappa shape index (κ2) is 7.41. The monoisotopic (exact) mass is 434 g/mol. The molecule has 0 fully saturated rings. The minimum absolute atomic E-state index is 0.492. The van der Waals surface area contributed by atoms with Crippen molar-refractivity contribution in [3.8, 4) is 0 Å². The van der Waals surface area contributed by atoms with E-state index in [1.807, 2.05) is 0 Å². The summed E-state index contributed by atoms with van der Waals surface area (Å²) in [5.74, 6) is 0. The summed E-state index contributed by atoms with van der Waals surface area (Å²) in [4.78, 5) is 40.3. The Bertz CT molecular complexity index is 547. The summed E-state index contributed by atoms with van der Waals surface area (Å²) in [6.45, 7) is 0. The van der Waals surface area contributed by atoms with Crippen molar-refractivity contribution < 1.29 is 33.3 Å². The summed E-state index contributed by atoms with van der Waals surface area (Å²) < 4.78 is 4.35. The molecule has 0 N–H and O–H groups in total. The van der Waals surface area contributed by atoms with Crippen LogP contribution in [0.3, 0.4) is 0 Å². The van der Waals surface area contributed by atoms with Gasteiger partial charge in [0.15, 0.2) is 0 Å². The quantitative estimate of drug-likeness (QED) is 0.591. The summed E-state index contributed by atoms with van der Waals surface area (Å²) in [5, 5.41) is 0. The normalized spacial score (nSPS) is 12.5. The Balaban J connectivity index is 0.000000487. The van der Waals surface area contributed by atoms with Crippen molar-refractivity contribution in [2.45, 2.75) is 6.42 Å². The van der Waals surface area contributed by atoms with E-state index in [9.17, 15) is 14.4 Å². The first kappa shape index (κ1) is 15.1. The van der Waals surface area contributed by atoms with Crippen LogP contribution >= 0.6 is 23.2 Å². The fourth-order valence-corrected chi connectivity index (χ4v) is 4.33. The minimum atomic E-state index is -4.07. The number of allylic oxidation sites excluding steroid dienone is 4. The first-order chi connectivity index (χ1) is 7.52. The molecule has 0 atom stereocenters. The van der Waals surface area contributed by atoms with E-state index < -0.39 is 18.9 Å². The molecule has 0 aromatic carbocycles. The summed E-state index contributed by atoms with van der Waals surface area (Å²) in [5.41, 5.74) is 0. The van der Waals surface area contributed by atoms with Gasteiger partial charge in [0, 0.05) is 0 Å². The standard InChI is InChI=1S/C5H5.CCl2O.3CO.Re/c1-2-4-5-3-1;2-1(3)4;3*1-2;/h1-3H,4H2;;;;;. The van der Waals surface area contributed by atoms with Gasteiger partial charge in [-0.1, -0.05) is 0 Å². The van der Waals surface area contributed by atoms with E-state index in [4.69, 9.17) is 4.79 Å². The van der Waals surface area contributed by atoms with Crippen molar-refractivity contribution in [1.29, 1.82) is 0 Å². The Morgan fingerprint density at radius 2 is 1.62 bits per heavy atom. The molecule has 0 saturated carbocycles. The number of hydrogen-bond donors (Lipinski definition) is 0.